The summed E-state index contributed by atoms with van der Waals surface area (Å²) in [6.45, 7) is 16.0. The van der Waals surface area contributed by atoms with Crippen LogP contribution in [0, 0.1) is 35.0 Å². The van der Waals surface area contributed by atoms with E-state index in [0.29, 0.717) is 75.4 Å². The van der Waals surface area contributed by atoms with Crippen molar-refractivity contribution in [1.82, 2.24) is 0 Å². The molecule has 3 fully saturated rings. The van der Waals surface area contributed by atoms with Gasteiger partial charge in [0.25, 0.3) is 0 Å². The van der Waals surface area contributed by atoms with Crippen LogP contribution in [0.5, 0.6) is 5.75 Å². The van der Waals surface area contributed by atoms with Gasteiger partial charge in [0.05, 0.1) is 33.0 Å². The Morgan fingerprint density at radius 2 is 1.11 bits per heavy atom. The van der Waals surface area contributed by atoms with Gasteiger partial charge in [0.1, 0.15) is 5.75 Å². The molecule has 54 heavy (non-hydrogen) atoms. The van der Waals surface area contributed by atoms with Crippen LogP contribution < -0.4 is 4.74 Å². The molecule has 0 amide bonds. The lowest BCUT2D eigenvalue weighted by molar-refractivity contribution is -0.139. The Hall–Kier alpha value is -2.64. The van der Waals surface area contributed by atoms with Crippen LogP contribution in [0.2, 0.25) is 0 Å². The molecular weight excluding hydrogens is 677 g/mol. The first-order chi connectivity index (χ1) is 26.0. The topological polar surface area (TPSA) is 102 Å². The molecule has 3 aliphatic carbocycles. The number of benzene rings is 1. The SMILES string of the molecule is C=C(C)C(=O)OCCCc1cc(C2CCC(C3CCC(C4CCC(C)CC4)CC3)CC2)cc(CCCOC(=O)C(=C)C)c1OCCC(CO)(CO)CCC. The molecule has 3 aliphatic rings. The molecule has 0 bridgehead atoms. The summed E-state index contributed by atoms with van der Waals surface area (Å²) in [5.41, 5.74) is 3.74. The molecule has 7 heteroatoms. The van der Waals surface area contributed by atoms with Gasteiger partial charge >= 0.3 is 11.9 Å². The molecule has 1 aromatic carbocycles. The monoisotopic (exact) mass is 751 g/mol. The van der Waals surface area contributed by atoms with Crippen molar-refractivity contribution < 1.29 is 34.0 Å². The van der Waals surface area contributed by atoms with E-state index in [-0.39, 0.29) is 25.2 Å². The molecule has 2 N–H and O–H groups in total. The van der Waals surface area contributed by atoms with Crippen molar-refractivity contribution in [3.63, 3.8) is 0 Å². The second kappa shape index (κ2) is 22.2. The van der Waals surface area contributed by atoms with E-state index in [1.807, 2.05) is 0 Å². The predicted octanol–water partition coefficient (Wildman–Crippen LogP) is 10.2. The van der Waals surface area contributed by atoms with E-state index >= 15 is 0 Å². The summed E-state index contributed by atoms with van der Waals surface area (Å²) >= 11 is 0. The molecule has 0 heterocycles. The van der Waals surface area contributed by atoms with Crippen LogP contribution in [0.1, 0.15) is 159 Å². The fraction of sp³-hybridized carbons (Fsp3) is 0.745. The van der Waals surface area contributed by atoms with Crippen LogP contribution in [0.3, 0.4) is 0 Å². The van der Waals surface area contributed by atoms with Gasteiger partial charge in [0, 0.05) is 16.6 Å². The lowest BCUT2D eigenvalue weighted by atomic mass is 9.64. The minimum atomic E-state index is -0.588. The Bertz CT molecular complexity index is 1280. The van der Waals surface area contributed by atoms with Gasteiger partial charge in [-0.15, -0.1) is 0 Å². The minimum absolute atomic E-state index is 0.0918. The zero-order valence-corrected chi connectivity index (χ0v) is 34.4. The zero-order chi connectivity index (χ0) is 39.1. The lowest BCUT2D eigenvalue weighted by Gasteiger charge is -2.41. The van der Waals surface area contributed by atoms with E-state index < -0.39 is 5.41 Å². The second-order valence-corrected chi connectivity index (χ2v) is 17.7. The zero-order valence-electron chi connectivity index (χ0n) is 34.4. The number of hydrogen-bond acceptors (Lipinski definition) is 7. The largest absolute Gasteiger partial charge is 0.493 e. The number of carbonyl (C=O) groups is 2. The van der Waals surface area contributed by atoms with Gasteiger partial charge in [0.2, 0.25) is 0 Å². The maximum absolute atomic E-state index is 12.1. The van der Waals surface area contributed by atoms with Gasteiger partial charge in [-0.3, -0.25) is 0 Å². The molecule has 3 saturated carbocycles. The quantitative estimate of drug-likeness (QED) is 0.0733. The van der Waals surface area contributed by atoms with Crippen LogP contribution in [-0.4, -0.2) is 55.2 Å². The predicted molar refractivity (Wildman–Crippen MR) is 218 cm³/mol. The standard InChI is InChI=1S/C47H74O7/c1-7-24-47(31-48,32-49)25-28-52-44-41(10-8-26-53-45(50)33(2)3)29-43(30-42(44)11-9-27-54-46(51)34(4)5)40-22-20-39(21-23-40)38-18-16-37(17-19-38)36-14-12-35(6)13-15-36/h29-30,35-40,48-49H,2,4,7-28,31-32H2,1,3,5-6H3. The highest BCUT2D eigenvalue weighted by molar-refractivity contribution is 5.87. The van der Waals surface area contributed by atoms with Gasteiger partial charge in [-0.2, -0.15) is 0 Å². The Morgan fingerprint density at radius 1 is 0.685 bits per heavy atom. The number of aryl methyl sites for hydroxylation is 2. The first-order valence-corrected chi connectivity index (χ1v) is 21.6. The van der Waals surface area contributed by atoms with E-state index in [1.165, 1.54) is 82.6 Å². The van der Waals surface area contributed by atoms with Crippen LogP contribution in [0.15, 0.2) is 36.4 Å². The summed E-state index contributed by atoms with van der Waals surface area (Å²) in [5, 5.41) is 20.4. The van der Waals surface area contributed by atoms with Crippen LogP contribution >= 0.6 is 0 Å². The Morgan fingerprint density at radius 3 is 1.52 bits per heavy atom. The second-order valence-electron chi connectivity index (χ2n) is 17.7. The molecule has 0 aromatic heterocycles. The number of aliphatic hydroxyl groups is 2. The van der Waals surface area contributed by atoms with Crippen molar-refractivity contribution in [3.8, 4) is 5.75 Å². The third kappa shape index (κ3) is 13.0. The van der Waals surface area contributed by atoms with E-state index in [0.717, 1.165) is 52.9 Å². The Balaban J connectivity index is 1.49. The lowest BCUT2D eigenvalue weighted by Crippen LogP contribution is -2.32. The molecule has 304 valence electrons. The summed E-state index contributed by atoms with van der Waals surface area (Å²) in [7, 11) is 0. The fourth-order valence-corrected chi connectivity index (χ4v) is 9.84. The van der Waals surface area contributed by atoms with E-state index in [9.17, 15) is 19.8 Å². The fourth-order valence-electron chi connectivity index (χ4n) is 9.84. The number of esters is 2. The molecule has 0 saturated heterocycles. The molecule has 0 aliphatic heterocycles. The van der Waals surface area contributed by atoms with Crippen molar-refractivity contribution in [3.05, 3.63) is 53.1 Å². The van der Waals surface area contributed by atoms with Crippen LogP contribution in [0.4, 0.5) is 0 Å². The minimum Gasteiger partial charge on any atom is -0.493 e. The van der Waals surface area contributed by atoms with E-state index in [2.05, 4.69) is 39.1 Å². The number of ether oxygens (including phenoxy) is 3. The molecule has 1 aromatic rings. The van der Waals surface area contributed by atoms with Gasteiger partial charge in [-0.05, 0) is 169 Å². The number of carbonyl (C=O) groups excluding carboxylic acids is 2. The summed E-state index contributed by atoms with van der Waals surface area (Å²) in [5.74, 6) is 5.15. The molecule has 0 radical (unpaired) electrons. The number of aliphatic hydroxyl groups excluding tert-OH is 2. The van der Waals surface area contributed by atoms with Crippen LogP contribution in [0.25, 0.3) is 0 Å². The first kappa shape index (κ1) is 44.1. The highest BCUT2D eigenvalue weighted by Gasteiger charge is 2.35. The van der Waals surface area contributed by atoms with Crippen molar-refractivity contribution in [2.45, 2.75) is 156 Å². The number of rotatable bonds is 21. The smallest absolute Gasteiger partial charge is 0.333 e. The van der Waals surface area contributed by atoms with Gasteiger partial charge in [-0.1, -0.05) is 58.4 Å². The average molecular weight is 751 g/mol. The van der Waals surface area contributed by atoms with E-state index in [1.54, 1.807) is 13.8 Å². The molecule has 4 rings (SSSR count). The average Bonchev–Trinajstić information content (AvgIpc) is 3.18. The normalized spacial score (nSPS) is 24.8. The molecular formula is C47H74O7. The maximum Gasteiger partial charge on any atom is 0.333 e. The summed E-state index contributed by atoms with van der Waals surface area (Å²) in [6.07, 6.45) is 21.3. The summed E-state index contributed by atoms with van der Waals surface area (Å²) in [4.78, 5) is 24.3. The summed E-state index contributed by atoms with van der Waals surface area (Å²) in [6, 6.07) is 4.66. The van der Waals surface area contributed by atoms with Gasteiger partial charge < -0.3 is 24.4 Å². The molecule has 0 unspecified atom stereocenters. The Labute approximate surface area is 327 Å². The molecule has 0 spiro atoms. The van der Waals surface area contributed by atoms with Crippen molar-refractivity contribution in [1.29, 1.82) is 0 Å². The Kier molecular flexibility index (Phi) is 18.1. The van der Waals surface area contributed by atoms with Crippen molar-refractivity contribution in [2.24, 2.45) is 35.0 Å². The van der Waals surface area contributed by atoms with Crippen molar-refractivity contribution in [2.75, 3.05) is 33.0 Å². The van der Waals surface area contributed by atoms with Gasteiger partial charge in [-0.25, -0.2) is 9.59 Å². The van der Waals surface area contributed by atoms with Gasteiger partial charge in [0.15, 0.2) is 0 Å². The van der Waals surface area contributed by atoms with Crippen LogP contribution in [-0.2, 0) is 31.9 Å². The molecule has 7 nitrogen and oxygen atoms in total. The maximum atomic E-state index is 12.1. The summed E-state index contributed by atoms with van der Waals surface area (Å²) < 4.78 is 17.6. The third-order valence-corrected chi connectivity index (χ3v) is 13.4. The molecule has 0 atom stereocenters. The van der Waals surface area contributed by atoms with E-state index in [4.69, 9.17) is 14.2 Å². The highest BCUT2D eigenvalue weighted by Crippen LogP contribution is 2.48. The third-order valence-electron chi connectivity index (χ3n) is 13.4. The number of hydrogen-bond donors (Lipinski definition) is 2. The highest BCUT2D eigenvalue weighted by atomic mass is 16.5. The first-order valence-electron chi connectivity index (χ1n) is 21.6. The van der Waals surface area contributed by atoms with Crippen molar-refractivity contribution >= 4 is 11.9 Å².